The minimum Gasteiger partial charge on any atom is -0.357 e. The van der Waals surface area contributed by atoms with Crippen LogP contribution in [0, 0.1) is 5.41 Å². The van der Waals surface area contributed by atoms with Crippen LogP contribution in [0.15, 0.2) is 11.6 Å². The molecule has 76 valence electrons. The molecule has 0 amide bonds. The van der Waals surface area contributed by atoms with E-state index >= 15 is 0 Å². The Morgan fingerprint density at radius 2 is 2.14 bits per heavy atom. The van der Waals surface area contributed by atoms with Gasteiger partial charge < -0.3 is 9.80 Å². The molecular weight excluding hydrogens is 196 g/mol. The Balaban J connectivity index is 1.93. The van der Waals surface area contributed by atoms with E-state index in [1.54, 1.807) is 11.3 Å². The molecule has 1 saturated heterocycles. The number of nitrogens with one attached hydrogen (secondary N) is 1. The molecule has 0 aliphatic carbocycles. The van der Waals surface area contributed by atoms with Crippen LogP contribution in [-0.2, 0) is 0 Å². The predicted octanol–water partition coefficient (Wildman–Crippen LogP) is 1.26. The smallest absolute Gasteiger partial charge is 0.185 e. The lowest BCUT2D eigenvalue weighted by atomic mass is 10.3. The Kier molecular flexibility index (Phi) is 2.67. The van der Waals surface area contributed by atoms with E-state index < -0.39 is 0 Å². The summed E-state index contributed by atoms with van der Waals surface area (Å²) in [6.07, 6.45) is 1.84. The first-order chi connectivity index (χ1) is 6.77. The number of piperazine rings is 1. The van der Waals surface area contributed by atoms with Crippen molar-refractivity contribution in [3.8, 4) is 0 Å². The third kappa shape index (κ3) is 1.87. The molecule has 1 aromatic heterocycles. The van der Waals surface area contributed by atoms with Crippen molar-refractivity contribution in [2.24, 2.45) is 0 Å². The number of aromatic nitrogens is 1. The summed E-state index contributed by atoms with van der Waals surface area (Å²) in [6.45, 7) is 5.68. The van der Waals surface area contributed by atoms with Crippen LogP contribution in [0.5, 0.6) is 0 Å². The zero-order chi connectivity index (χ0) is 9.97. The molecule has 2 rings (SSSR count). The second-order valence-corrected chi connectivity index (χ2v) is 4.25. The van der Waals surface area contributed by atoms with E-state index in [0.29, 0.717) is 5.84 Å². The molecular formula is C9H14N4S. The van der Waals surface area contributed by atoms with Crippen LogP contribution in [0.1, 0.15) is 6.92 Å². The van der Waals surface area contributed by atoms with Gasteiger partial charge in [-0.3, -0.25) is 5.41 Å². The Morgan fingerprint density at radius 3 is 2.64 bits per heavy atom. The zero-order valence-electron chi connectivity index (χ0n) is 8.23. The molecule has 0 aromatic carbocycles. The first-order valence-electron chi connectivity index (χ1n) is 4.72. The topological polar surface area (TPSA) is 43.2 Å². The predicted molar refractivity (Wildman–Crippen MR) is 59.3 cm³/mol. The molecule has 2 heterocycles. The van der Waals surface area contributed by atoms with Crippen LogP contribution < -0.4 is 4.90 Å². The highest BCUT2D eigenvalue weighted by atomic mass is 32.1. The van der Waals surface area contributed by atoms with Crippen molar-refractivity contribution >= 4 is 22.3 Å². The van der Waals surface area contributed by atoms with E-state index in [1.807, 2.05) is 18.5 Å². The van der Waals surface area contributed by atoms with Crippen LogP contribution in [0.2, 0.25) is 0 Å². The summed E-state index contributed by atoms with van der Waals surface area (Å²) < 4.78 is 0. The van der Waals surface area contributed by atoms with Gasteiger partial charge in [-0.15, -0.1) is 11.3 Å². The SMILES string of the molecule is CC(=N)N1CCN(c2nccs2)CC1. The van der Waals surface area contributed by atoms with Crippen molar-refractivity contribution in [2.75, 3.05) is 31.1 Å². The Bertz CT molecular complexity index is 301. The number of anilines is 1. The second kappa shape index (κ2) is 3.96. The molecule has 1 fully saturated rings. The molecule has 0 bridgehead atoms. The number of nitrogens with zero attached hydrogens (tertiary/aromatic N) is 3. The summed E-state index contributed by atoms with van der Waals surface area (Å²) in [7, 11) is 0. The maximum atomic E-state index is 7.52. The van der Waals surface area contributed by atoms with E-state index in [1.165, 1.54) is 0 Å². The largest absolute Gasteiger partial charge is 0.357 e. The molecule has 1 aromatic rings. The number of hydrogen-bond acceptors (Lipinski definition) is 4. The Hall–Kier alpha value is -1.10. The molecule has 1 N–H and O–H groups in total. The van der Waals surface area contributed by atoms with Gasteiger partial charge in [0.2, 0.25) is 0 Å². The van der Waals surface area contributed by atoms with Crippen LogP contribution in [0.4, 0.5) is 5.13 Å². The van der Waals surface area contributed by atoms with Crippen molar-refractivity contribution in [1.82, 2.24) is 9.88 Å². The monoisotopic (exact) mass is 210 g/mol. The van der Waals surface area contributed by atoms with Crippen molar-refractivity contribution in [1.29, 1.82) is 5.41 Å². The highest BCUT2D eigenvalue weighted by Gasteiger charge is 2.18. The molecule has 1 aliphatic heterocycles. The van der Waals surface area contributed by atoms with Crippen molar-refractivity contribution < 1.29 is 0 Å². The molecule has 0 spiro atoms. The fourth-order valence-corrected chi connectivity index (χ4v) is 2.30. The van der Waals surface area contributed by atoms with Crippen LogP contribution >= 0.6 is 11.3 Å². The standard InChI is InChI=1S/C9H14N4S/c1-8(10)12-3-5-13(6-4-12)9-11-2-7-14-9/h2,7,10H,3-6H2,1H3. The van der Waals surface area contributed by atoms with Crippen molar-refractivity contribution in [3.05, 3.63) is 11.6 Å². The third-order valence-corrected chi connectivity index (χ3v) is 3.28. The van der Waals surface area contributed by atoms with Gasteiger partial charge in [0.05, 0.1) is 5.84 Å². The summed E-state index contributed by atoms with van der Waals surface area (Å²) in [5.41, 5.74) is 0. The van der Waals surface area contributed by atoms with E-state index in [2.05, 4.69) is 14.8 Å². The van der Waals surface area contributed by atoms with E-state index in [0.717, 1.165) is 31.3 Å². The fourth-order valence-electron chi connectivity index (χ4n) is 1.61. The Morgan fingerprint density at radius 1 is 1.43 bits per heavy atom. The van der Waals surface area contributed by atoms with E-state index in [9.17, 15) is 0 Å². The molecule has 4 nitrogen and oxygen atoms in total. The minimum atomic E-state index is 0.670. The maximum absolute atomic E-state index is 7.52. The third-order valence-electron chi connectivity index (χ3n) is 2.44. The molecule has 5 heteroatoms. The lowest BCUT2D eigenvalue weighted by molar-refractivity contribution is 0.381. The first kappa shape index (κ1) is 9.45. The van der Waals surface area contributed by atoms with Crippen molar-refractivity contribution in [3.63, 3.8) is 0 Å². The number of amidine groups is 1. The number of thiazole rings is 1. The quantitative estimate of drug-likeness (QED) is 0.560. The minimum absolute atomic E-state index is 0.670. The fraction of sp³-hybridized carbons (Fsp3) is 0.556. The van der Waals surface area contributed by atoms with Crippen LogP contribution in [0.25, 0.3) is 0 Å². The molecule has 0 unspecified atom stereocenters. The van der Waals surface area contributed by atoms with Gasteiger partial charge in [0.25, 0.3) is 0 Å². The summed E-state index contributed by atoms with van der Waals surface area (Å²) >= 11 is 1.68. The lowest BCUT2D eigenvalue weighted by Gasteiger charge is -2.35. The van der Waals surface area contributed by atoms with Crippen LogP contribution in [-0.4, -0.2) is 41.9 Å². The summed E-state index contributed by atoms with van der Waals surface area (Å²) in [5, 5.41) is 10.6. The lowest BCUT2D eigenvalue weighted by Crippen LogP contribution is -2.47. The van der Waals surface area contributed by atoms with Gasteiger partial charge in [0.15, 0.2) is 5.13 Å². The van der Waals surface area contributed by atoms with Gasteiger partial charge in [-0.2, -0.15) is 0 Å². The molecule has 14 heavy (non-hydrogen) atoms. The summed E-state index contributed by atoms with van der Waals surface area (Å²) in [5.74, 6) is 0.670. The number of hydrogen-bond donors (Lipinski definition) is 1. The highest BCUT2D eigenvalue weighted by molar-refractivity contribution is 7.13. The molecule has 0 radical (unpaired) electrons. The van der Waals surface area contributed by atoms with E-state index in [-0.39, 0.29) is 0 Å². The molecule has 1 aliphatic rings. The summed E-state index contributed by atoms with van der Waals surface area (Å²) in [6, 6.07) is 0. The molecule has 0 saturated carbocycles. The van der Waals surface area contributed by atoms with Gasteiger partial charge in [-0.1, -0.05) is 0 Å². The van der Waals surface area contributed by atoms with E-state index in [4.69, 9.17) is 5.41 Å². The average Bonchev–Trinajstić information content (AvgIpc) is 2.71. The van der Waals surface area contributed by atoms with Gasteiger partial charge in [0.1, 0.15) is 0 Å². The average molecular weight is 210 g/mol. The molecule has 0 atom stereocenters. The zero-order valence-corrected chi connectivity index (χ0v) is 9.05. The van der Waals surface area contributed by atoms with Crippen molar-refractivity contribution in [2.45, 2.75) is 6.92 Å². The maximum Gasteiger partial charge on any atom is 0.185 e. The van der Waals surface area contributed by atoms with Gasteiger partial charge >= 0.3 is 0 Å². The number of rotatable bonds is 1. The first-order valence-corrected chi connectivity index (χ1v) is 5.60. The second-order valence-electron chi connectivity index (χ2n) is 3.37. The van der Waals surface area contributed by atoms with Crippen LogP contribution in [0.3, 0.4) is 0 Å². The Labute approximate surface area is 87.7 Å². The van der Waals surface area contributed by atoms with Gasteiger partial charge in [-0.25, -0.2) is 4.98 Å². The van der Waals surface area contributed by atoms with Gasteiger partial charge in [0, 0.05) is 37.8 Å². The van der Waals surface area contributed by atoms with Gasteiger partial charge in [-0.05, 0) is 6.92 Å². The normalized spacial score (nSPS) is 17.2. The summed E-state index contributed by atoms with van der Waals surface area (Å²) in [4.78, 5) is 8.67. The highest BCUT2D eigenvalue weighted by Crippen LogP contribution is 2.18.